The third kappa shape index (κ3) is 4.59. The van der Waals surface area contributed by atoms with Crippen molar-refractivity contribution in [2.24, 2.45) is 5.92 Å². The first kappa shape index (κ1) is 19.1. The van der Waals surface area contributed by atoms with Crippen molar-refractivity contribution in [2.45, 2.75) is 19.3 Å². The zero-order chi connectivity index (χ0) is 20.1. The number of hydrogen-bond acceptors (Lipinski definition) is 2. The maximum Gasteiger partial charge on any atom is 0.321 e. The second-order valence-corrected chi connectivity index (χ2v) is 7.48. The van der Waals surface area contributed by atoms with Crippen molar-refractivity contribution in [1.29, 1.82) is 0 Å². The predicted molar refractivity (Wildman–Crippen MR) is 115 cm³/mol. The number of aromatic nitrogens is 1. The van der Waals surface area contributed by atoms with E-state index in [0.29, 0.717) is 19.6 Å². The molecule has 2 aromatic carbocycles. The highest BCUT2D eigenvalue weighted by Crippen LogP contribution is 2.19. The van der Waals surface area contributed by atoms with Crippen molar-refractivity contribution in [3.05, 3.63) is 66.4 Å². The molecule has 4 rings (SSSR count). The highest BCUT2D eigenvalue weighted by Gasteiger charge is 2.28. The molecule has 1 aromatic heterocycles. The summed E-state index contributed by atoms with van der Waals surface area (Å²) in [7, 11) is 0. The van der Waals surface area contributed by atoms with Crippen molar-refractivity contribution in [3.63, 3.8) is 0 Å². The number of rotatable bonds is 5. The van der Waals surface area contributed by atoms with Crippen LogP contribution in [0.3, 0.4) is 0 Å². The topological polar surface area (TPSA) is 77.2 Å². The van der Waals surface area contributed by atoms with Crippen LogP contribution in [0.2, 0.25) is 0 Å². The van der Waals surface area contributed by atoms with Gasteiger partial charge in [-0.3, -0.25) is 4.79 Å². The molecule has 1 aliphatic heterocycles. The Bertz CT molecular complexity index is 983. The number of likely N-dealkylation sites (tertiary alicyclic amines) is 1. The molecular weight excluding hydrogens is 364 g/mol. The average molecular weight is 390 g/mol. The standard InChI is InChI=1S/C23H26N4O2/c28-22(24-13-12-17-15-25-21-11-5-4-10-20(17)21)18-7-6-14-27(16-18)23(29)26-19-8-2-1-3-9-19/h1-5,8-11,15,18,25H,6-7,12-14,16H2,(H,24,28)(H,26,29)/t18-/m0/s1. The van der Waals surface area contributed by atoms with Gasteiger partial charge in [0.2, 0.25) is 5.91 Å². The summed E-state index contributed by atoms with van der Waals surface area (Å²) in [5.41, 5.74) is 3.08. The molecule has 1 atom stereocenters. The van der Waals surface area contributed by atoms with Gasteiger partial charge in [-0.2, -0.15) is 0 Å². The summed E-state index contributed by atoms with van der Waals surface area (Å²) in [6.45, 7) is 1.72. The lowest BCUT2D eigenvalue weighted by molar-refractivity contribution is -0.126. The third-order valence-electron chi connectivity index (χ3n) is 5.47. The number of nitrogens with one attached hydrogen (secondary N) is 3. The Kier molecular flexibility index (Phi) is 5.79. The van der Waals surface area contributed by atoms with E-state index in [-0.39, 0.29) is 17.9 Å². The molecule has 2 heterocycles. The minimum atomic E-state index is -0.159. The molecule has 0 bridgehead atoms. The number of anilines is 1. The number of urea groups is 1. The monoisotopic (exact) mass is 390 g/mol. The number of amides is 3. The highest BCUT2D eigenvalue weighted by atomic mass is 16.2. The fourth-order valence-electron chi connectivity index (χ4n) is 3.90. The molecule has 6 nitrogen and oxygen atoms in total. The molecular formula is C23H26N4O2. The van der Waals surface area contributed by atoms with Crippen LogP contribution in [0.4, 0.5) is 10.5 Å². The first-order valence-corrected chi connectivity index (χ1v) is 10.1. The number of carbonyl (C=O) groups excluding carboxylic acids is 2. The van der Waals surface area contributed by atoms with E-state index in [1.807, 2.05) is 48.7 Å². The number of carbonyl (C=O) groups is 2. The molecule has 29 heavy (non-hydrogen) atoms. The molecule has 0 aliphatic carbocycles. The van der Waals surface area contributed by atoms with E-state index >= 15 is 0 Å². The molecule has 0 radical (unpaired) electrons. The van der Waals surface area contributed by atoms with Gasteiger partial charge < -0.3 is 20.5 Å². The Morgan fingerprint density at radius 2 is 1.86 bits per heavy atom. The maximum atomic E-state index is 12.6. The Morgan fingerprint density at radius 3 is 2.72 bits per heavy atom. The van der Waals surface area contributed by atoms with Crippen LogP contribution in [0.15, 0.2) is 60.8 Å². The van der Waals surface area contributed by atoms with Crippen molar-refractivity contribution in [2.75, 3.05) is 25.0 Å². The zero-order valence-electron chi connectivity index (χ0n) is 16.4. The van der Waals surface area contributed by atoms with E-state index in [0.717, 1.165) is 30.5 Å². The van der Waals surface area contributed by atoms with E-state index in [9.17, 15) is 9.59 Å². The molecule has 0 unspecified atom stereocenters. The van der Waals surface area contributed by atoms with Gasteiger partial charge in [0.05, 0.1) is 5.92 Å². The second-order valence-electron chi connectivity index (χ2n) is 7.48. The SMILES string of the molecule is O=C(NCCc1c[nH]c2ccccc12)[C@H]1CCCN(C(=O)Nc2ccccc2)C1. The number of H-pyrrole nitrogens is 1. The number of fused-ring (bicyclic) bond motifs is 1. The van der Waals surface area contributed by atoms with E-state index in [2.05, 4.69) is 27.8 Å². The fourth-order valence-corrected chi connectivity index (χ4v) is 3.90. The molecule has 3 aromatic rings. The lowest BCUT2D eigenvalue weighted by Gasteiger charge is -2.32. The number of hydrogen-bond donors (Lipinski definition) is 3. The quantitative estimate of drug-likeness (QED) is 0.620. The van der Waals surface area contributed by atoms with Crippen LogP contribution in [-0.2, 0) is 11.2 Å². The molecule has 0 saturated carbocycles. The van der Waals surface area contributed by atoms with Crippen molar-refractivity contribution < 1.29 is 9.59 Å². The smallest absolute Gasteiger partial charge is 0.321 e. The summed E-state index contributed by atoms with van der Waals surface area (Å²) >= 11 is 0. The summed E-state index contributed by atoms with van der Waals surface area (Å²) in [5.74, 6) is -0.129. The first-order valence-electron chi connectivity index (χ1n) is 10.1. The highest BCUT2D eigenvalue weighted by molar-refractivity contribution is 5.90. The van der Waals surface area contributed by atoms with Crippen LogP contribution >= 0.6 is 0 Å². The lowest BCUT2D eigenvalue weighted by atomic mass is 9.97. The molecule has 150 valence electrons. The minimum Gasteiger partial charge on any atom is -0.361 e. The molecule has 1 aliphatic rings. The Morgan fingerprint density at radius 1 is 1.07 bits per heavy atom. The number of benzene rings is 2. The van der Waals surface area contributed by atoms with Crippen LogP contribution in [0.5, 0.6) is 0 Å². The molecule has 3 amide bonds. The molecule has 6 heteroatoms. The number of nitrogens with zero attached hydrogens (tertiary/aromatic N) is 1. The Balaban J connectivity index is 1.27. The fraction of sp³-hybridized carbons (Fsp3) is 0.304. The predicted octanol–water partition coefficient (Wildman–Crippen LogP) is 3.77. The van der Waals surface area contributed by atoms with E-state index in [1.54, 1.807) is 4.90 Å². The molecule has 1 saturated heterocycles. The molecule has 3 N–H and O–H groups in total. The maximum absolute atomic E-state index is 12.6. The van der Waals surface area contributed by atoms with E-state index in [4.69, 9.17) is 0 Å². The van der Waals surface area contributed by atoms with E-state index < -0.39 is 0 Å². The normalized spacial score (nSPS) is 16.6. The number of piperidine rings is 1. The lowest BCUT2D eigenvalue weighted by Crippen LogP contribution is -2.47. The van der Waals surface area contributed by atoms with Gasteiger partial charge in [-0.1, -0.05) is 36.4 Å². The van der Waals surface area contributed by atoms with Crippen LogP contribution in [0, 0.1) is 5.92 Å². The van der Waals surface area contributed by atoms with Gasteiger partial charge in [0.1, 0.15) is 0 Å². The van der Waals surface area contributed by atoms with Crippen molar-refractivity contribution in [1.82, 2.24) is 15.2 Å². The van der Waals surface area contributed by atoms with Gasteiger partial charge in [0, 0.05) is 42.4 Å². The van der Waals surface area contributed by atoms with Gasteiger partial charge >= 0.3 is 6.03 Å². The number of para-hydroxylation sites is 2. The van der Waals surface area contributed by atoms with Gasteiger partial charge in [0.15, 0.2) is 0 Å². The zero-order valence-corrected chi connectivity index (χ0v) is 16.4. The Labute approximate surface area is 170 Å². The van der Waals surface area contributed by atoms with Crippen LogP contribution in [0.25, 0.3) is 10.9 Å². The summed E-state index contributed by atoms with van der Waals surface area (Å²) < 4.78 is 0. The van der Waals surface area contributed by atoms with Gasteiger partial charge in [-0.15, -0.1) is 0 Å². The average Bonchev–Trinajstić information content (AvgIpc) is 3.18. The number of aromatic amines is 1. The van der Waals surface area contributed by atoms with Crippen LogP contribution < -0.4 is 10.6 Å². The third-order valence-corrected chi connectivity index (χ3v) is 5.47. The summed E-state index contributed by atoms with van der Waals surface area (Å²) in [6.07, 6.45) is 4.44. The van der Waals surface area contributed by atoms with Crippen LogP contribution in [0.1, 0.15) is 18.4 Å². The van der Waals surface area contributed by atoms with Crippen molar-refractivity contribution in [3.8, 4) is 0 Å². The second kappa shape index (κ2) is 8.82. The molecule has 1 fully saturated rings. The minimum absolute atomic E-state index is 0.0297. The Hall–Kier alpha value is -3.28. The summed E-state index contributed by atoms with van der Waals surface area (Å²) in [6, 6.07) is 17.4. The van der Waals surface area contributed by atoms with Crippen molar-refractivity contribution >= 4 is 28.5 Å². The summed E-state index contributed by atoms with van der Waals surface area (Å²) in [4.78, 5) is 30.1. The van der Waals surface area contributed by atoms with E-state index in [1.165, 1.54) is 10.9 Å². The largest absolute Gasteiger partial charge is 0.361 e. The van der Waals surface area contributed by atoms with Gasteiger partial charge in [-0.25, -0.2) is 4.79 Å². The van der Waals surface area contributed by atoms with Gasteiger partial charge in [0.25, 0.3) is 0 Å². The molecule has 0 spiro atoms. The first-order chi connectivity index (χ1) is 14.2. The summed E-state index contributed by atoms with van der Waals surface area (Å²) in [5, 5.41) is 7.15. The van der Waals surface area contributed by atoms with Crippen LogP contribution in [-0.4, -0.2) is 41.5 Å². The van der Waals surface area contributed by atoms with Gasteiger partial charge in [-0.05, 0) is 43.0 Å².